The molecule has 2 aromatic rings. The first-order chi connectivity index (χ1) is 8.27. The van der Waals surface area contributed by atoms with E-state index >= 15 is 0 Å². The predicted molar refractivity (Wildman–Crippen MR) is 62.7 cm³/mol. The standard InChI is InChI=1S/C13H10NO3/c15-14(16)12-8-4-5-9-13(12)17-10-11-6-2-1-3-7-11/h1-8H,10H2. The number of hydrogen-bond donors (Lipinski definition) is 0. The molecule has 0 heterocycles. The molecule has 4 heteroatoms. The van der Waals surface area contributed by atoms with Gasteiger partial charge in [-0.1, -0.05) is 36.4 Å². The first-order valence-corrected chi connectivity index (χ1v) is 5.09. The topological polar surface area (TPSA) is 52.4 Å². The summed E-state index contributed by atoms with van der Waals surface area (Å²) in [6.45, 7) is 0.294. The number of rotatable bonds is 4. The van der Waals surface area contributed by atoms with Crippen LogP contribution in [0.4, 0.5) is 5.69 Å². The third kappa shape index (κ3) is 2.81. The number of hydrogen-bond acceptors (Lipinski definition) is 3. The Bertz CT molecular complexity index is 511. The van der Waals surface area contributed by atoms with Crippen LogP contribution in [0.5, 0.6) is 5.75 Å². The van der Waals surface area contributed by atoms with Gasteiger partial charge in [0.2, 0.25) is 5.75 Å². The summed E-state index contributed by atoms with van der Waals surface area (Å²) >= 11 is 0. The molecule has 0 atom stereocenters. The summed E-state index contributed by atoms with van der Waals surface area (Å²) in [5.74, 6) is 0.168. The molecule has 85 valence electrons. The SMILES string of the molecule is O=[N+]([O-])c1ccc[c]c1OCc1ccccc1. The van der Waals surface area contributed by atoms with Crippen molar-refractivity contribution in [2.45, 2.75) is 6.61 Å². The van der Waals surface area contributed by atoms with Crippen molar-refractivity contribution in [3.63, 3.8) is 0 Å². The van der Waals surface area contributed by atoms with Gasteiger partial charge in [-0.2, -0.15) is 0 Å². The van der Waals surface area contributed by atoms with Crippen LogP contribution in [0.2, 0.25) is 0 Å². The summed E-state index contributed by atoms with van der Waals surface area (Å²) in [4.78, 5) is 10.3. The Morgan fingerprint density at radius 3 is 2.65 bits per heavy atom. The van der Waals surface area contributed by atoms with Crippen LogP contribution in [0.1, 0.15) is 5.56 Å². The van der Waals surface area contributed by atoms with E-state index in [1.807, 2.05) is 30.3 Å². The molecule has 17 heavy (non-hydrogen) atoms. The molecule has 4 nitrogen and oxygen atoms in total. The lowest BCUT2D eigenvalue weighted by Crippen LogP contribution is -1.98. The Hall–Kier alpha value is -2.36. The fourth-order valence-electron chi connectivity index (χ4n) is 1.40. The lowest BCUT2D eigenvalue weighted by molar-refractivity contribution is -0.386. The van der Waals surface area contributed by atoms with Crippen molar-refractivity contribution in [1.29, 1.82) is 0 Å². The molecular formula is C13H10NO3. The smallest absolute Gasteiger partial charge is 0.311 e. The van der Waals surface area contributed by atoms with Crippen molar-refractivity contribution < 1.29 is 9.66 Å². The summed E-state index contributed by atoms with van der Waals surface area (Å²) in [7, 11) is 0. The van der Waals surface area contributed by atoms with Gasteiger partial charge in [-0.3, -0.25) is 10.1 Å². The van der Waals surface area contributed by atoms with Crippen LogP contribution in [0.15, 0.2) is 48.5 Å². The van der Waals surface area contributed by atoms with Crippen LogP contribution in [0.3, 0.4) is 0 Å². The molecule has 0 N–H and O–H groups in total. The molecule has 0 aliphatic carbocycles. The molecule has 0 aliphatic heterocycles. The van der Waals surface area contributed by atoms with Crippen molar-refractivity contribution in [1.82, 2.24) is 0 Å². The van der Waals surface area contributed by atoms with E-state index in [0.29, 0.717) is 6.61 Å². The van der Waals surface area contributed by atoms with Gasteiger partial charge >= 0.3 is 5.69 Å². The number of para-hydroxylation sites is 1. The maximum atomic E-state index is 10.7. The fraction of sp³-hybridized carbons (Fsp3) is 0.0769. The highest BCUT2D eigenvalue weighted by molar-refractivity contribution is 5.44. The van der Waals surface area contributed by atoms with Crippen molar-refractivity contribution >= 4 is 5.69 Å². The van der Waals surface area contributed by atoms with Gasteiger partial charge in [-0.25, -0.2) is 0 Å². The molecule has 0 aromatic heterocycles. The minimum absolute atomic E-state index is 0.0663. The molecule has 0 unspecified atom stereocenters. The van der Waals surface area contributed by atoms with Crippen LogP contribution in [0.25, 0.3) is 0 Å². The zero-order valence-corrected chi connectivity index (χ0v) is 9.00. The van der Waals surface area contributed by atoms with Gasteiger partial charge in [0.25, 0.3) is 0 Å². The lowest BCUT2D eigenvalue weighted by Gasteiger charge is -2.05. The Kier molecular flexibility index (Phi) is 3.35. The number of benzene rings is 2. The highest BCUT2D eigenvalue weighted by Gasteiger charge is 2.13. The van der Waals surface area contributed by atoms with Crippen molar-refractivity contribution in [3.05, 3.63) is 70.3 Å². The normalized spacial score (nSPS) is 9.88. The predicted octanol–water partition coefficient (Wildman–Crippen LogP) is 2.97. The van der Waals surface area contributed by atoms with Gasteiger partial charge in [-0.15, -0.1) is 0 Å². The molecule has 0 fully saturated rings. The molecule has 0 saturated carbocycles. The Balaban J connectivity index is 2.12. The largest absolute Gasteiger partial charge is 0.482 e. The van der Waals surface area contributed by atoms with E-state index in [1.165, 1.54) is 6.07 Å². The lowest BCUT2D eigenvalue weighted by atomic mass is 10.2. The molecule has 0 bridgehead atoms. The molecule has 0 aliphatic rings. The van der Waals surface area contributed by atoms with E-state index in [2.05, 4.69) is 6.07 Å². The average Bonchev–Trinajstić information content (AvgIpc) is 2.38. The van der Waals surface area contributed by atoms with Gasteiger partial charge in [0, 0.05) is 12.1 Å². The van der Waals surface area contributed by atoms with E-state index in [9.17, 15) is 10.1 Å². The Morgan fingerprint density at radius 2 is 1.94 bits per heavy atom. The van der Waals surface area contributed by atoms with Crippen molar-refractivity contribution in [3.8, 4) is 5.75 Å². The van der Waals surface area contributed by atoms with Crippen LogP contribution < -0.4 is 4.74 Å². The van der Waals surface area contributed by atoms with E-state index < -0.39 is 4.92 Å². The number of nitro groups is 1. The summed E-state index contributed by atoms with van der Waals surface area (Å²) in [6, 6.07) is 16.8. The minimum Gasteiger partial charge on any atom is -0.482 e. The summed E-state index contributed by atoms with van der Waals surface area (Å²) in [6.07, 6.45) is 0. The first-order valence-electron chi connectivity index (χ1n) is 5.09. The number of nitro benzene ring substituents is 1. The quantitative estimate of drug-likeness (QED) is 0.597. The van der Waals surface area contributed by atoms with Gasteiger partial charge < -0.3 is 4.74 Å². The van der Waals surface area contributed by atoms with Crippen molar-refractivity contribution in [2.75, 3.05) is 0 Å². The van der Waals surface area contributed by atoms with Crippen LogP contribution in [0, 0.1) is 16.2 Å². The van der Waals surface area contributed by atoms with Gasteiger partial charge in [0.15, 0.2) is 0 Å². The minimum atomic E-state index is -0.475. The van der Waals surface area contributed by atoms with Crippen LogP contribution >= 0.6 is 0 Å². The number of nitrogens with zero attached hydrogens (tertiary/aromatic N) is 1. The zero-order chi connectivity index (χ0) is 12.1. The van der Waals surface area contributed by atoms with E-state index in [1.54, 1.807) is 12.1 Å². The monoisotopic (exact) mass is 228 g/mol. The Morgan fingerprint density at radius 1 is 1.18 bits per heavy atom. The average molecular weight is 228 g/mol. The molecule has 0 spiro atoms. The molecule has 0 amide bonds. The first kappa shape index (κ1) is 11.1. The van der Waals surface area contributed by atoms with Crippen LogP contribution in [-0.4, -0.2) is 4.92 Å². The van der Waals surface area contributed by atoms with E-state index in [0.717, 1.165) is 5.56 Å². The molecule has 1 radical (unpaired) electrons. The highest BCUT2D eigenvalue weighted by Crippen LogP contribution is 2.25. The van der Waals surface area contributed by atoms with E-state index in [4.69, 9.17) is 4.74 Å². The summed E-state index contributed by atoms with van der Waals surface area (Å²) in [5.41, 5.74) is 0.891. The highest BCUT2D eigenvalue weighted by atomic mass is 16.6. The molecule has 0 saturated heterocycles. The second-order valence-corrected chi connectivity index (χ2v) is 3.42. The van der Waals surface area contributed by atoms with Crippen molar-refractivity contribution in [2.24, 2.45) is 0 Å². The third-order valence-corrected chi connectivity index (χ3v) is 2.22. The van der Waals surface area contributed by atoms with E-state index in [-0.39, 0.29) is 11.4 Å². The Labute approximate surface area is 98.6 Å². The second-order valence-electron chi connectivity index (χ2n) is 3.42. The molecular weight excluding hydrogens is 218 g/mol. The summed E-state index contributed by atoms with van der Waals surface area (Å²) < 4.78 is 5.39. The van der Waals surface area contributed by atoms with Gasteiger partial charge in [0.1, 0.15) is 6.61 Å². The van der Waals surface area contributed by atoms with Gasteiger partial charge in [-0.05, 0) is 11.6 Å². The third-order valence-electron chi connectivity index (χ3n) is 2.22. The molecule has 2 aromatic carbocycles. The maximum Gasteiger partial charge on any atom is 0.311 e. The fourth-order valence-corrected chi connectivity index (χ4v) is 1.40. The van der Waals surface area contributed by atoms with Crippen LogP contribution in [-0.2, 0) is 6.61 Å². The van der Waals surface area contributed by atoms with Gasteiger partial charge in [0.05, 0.1) is 4.92 Å². The second kappa shape index (κ2) is 5.12. The maximum absolute atomic E-state index is 10.7. The number of ether oxygens (including phenoxy) is 1. The molecule has 2 rings (SSSR count). The summed E-state index contributed by atoms with van der Waals surface area (Å²) in [5, 5.41) is 10.7. The zero-order valence-electron chi connectivity index (χ0n) is 9.00.